The molecule has 0 atom stereocenters. The standard InChI is InChI=1S/C6H5NO/c1-5-3-8-4-6(5)2-7-1/h1-3H,4H2. The van der Waals surface area contributed by atoms with Crippen LogP contribution in [0.15, 0.2) is 28.6 Å². The largest absolute Gasteiger partial charge is 0.496 e. The maximum Gasteiger partial charge on any atom is 0.115 e. The Labute approximate surface area is 47.2 Å². The number of hydrogen-bond donors (Lipinski definition) is 0. The molecule has 2 rings (SSSR count). The summed E-state index contributed by atoms with van der Waals surface area (Å²) < 4.78 is 4.99. The van der Waals surface area contributed by atoms with E-state index >= 15 is 0 Å². The Kier molecular flexibility index (Phi) is 0.592. The lowest BCUT2D eigenvalue weighted by atomic mass is 10.2. The molecule has 2 aliphatic heterocycles. The predicted octanol–water partition coefficient (Wildman–Crippen LogP) is 0.869. The number of hydrogen-bond acceptors (Lipinski definition) is 2. The van der Waals surface area contributed by atoms with Gasteiger partial charge in [0.15, 0.2) is 0 Å². The van der Waals surface area contributed by atoms with Crippen LogP contribution in [0.1, 0.15) is 0 Å². The van der Waals surface area contributed by atoms with Crippen LogP contribution >= 0.6 is 0 Å². The minimum absolute atomic E-state index is 0.704. The first-order valence-electron chi connectivity index (χ1n) is 2.51. The smallest absolute Gasteiger partial charge is 0.115 e. The van der Waals surface area contributed by atoms with E-state index in [9.17, 15) is 0 Å². The van der Waals surface area contributed by atoms with Crippen LogP contribution in [0.3, 0.4) is 0 Å². The molecule has 2 heterocycles. The second kappa shape index (κ2) is 1.22. The van der Waals surface area contributed by atoms with Crippen LogP contribution in [0, 0.1) is 0 Å². The van der Waals surface area contributed by atoms with E-state index in [0.717, 1.165) is 5.57 Å². The van der Waals surface area contributed by atoms with E-state index in [4.69, 9.17) is 4.74 Å². The molecule has 2 aliphatic rings. The van der Waals surface area contributed by atoms with E-state index in [1.54, 1.807) is 6.26 Å². The summed E-state index contributed by atoms with van der Waals surface area (Å²) in [6.07, 6.45) is 5.38. The molecular formula is C6H5NO. The van der Waals surface area contributed by atoms with Gasteiger partial charge in [0.2, 0.25) is 0 Å². The summed E-state index contributed by atoms with van der Waals surface area (Å²) in [5.41, 5.74) is 2.33. The lowest BCUT2D eigenvalue weighted by molar-refractivity contribution is 0.301. The van der Waals surface area contributed by atoms with E-state index < -0.39 is 0 Å². The molecule has 0 amide bonds. The van der Waals surface area contributed by atoms with Crippen molar-refractivity contribution in [1.29, 1.82) is 0 Å². The van der Waals surface area contributed by atoms with Gasteiger partial charge in [0.05, 0.1) is 6.26 Å². The summed E-state index contributed by atoms with van der Waals surface area (Å²) in [5, 5.41) is 0. The Balaban J connectivity index is 2.49. The molecule has 40 valence electrons. The van der Waals surface area contributed by atoms with Crippen LogP contribution in [0.25, 0.3) is 0 Å². The van der Waals surface area contributed by atoms with Crippen molar-refractivity contribution in [2.75, 3.05) is 6.61 Å². The van der Waals surface area contributed by atoms with E-state index in [0.29, 0.717) is 6.61 Å². The zero-order valence-electron chi connectivity index (χ0n) is 4.29. The molecule has 0 fully saturated rings. The minimum Gasteiger partial charge on any atom is -0.496 e. The molecule has 0 aliphatic carbocycles. The van der Waals surface area contributed by atoms with Gasteiger partial charge in [-0.25, -0.2) is 0 Å². The average molecular weight is 107 g/mol. The molecular weight excluding hydrogens is 102 g/mol. The van der Waals surface area contributed by atoms with Crippen molar-refractivity contribution in [2.45, 2.75) is 0 Å². The summed E-state index contributed by atoms with van der Waals surface area (Å²) in [4.78, 5) is 3.93. The maximum absolute atomic E-state index is 4.99. The molecule has 8 heavy (non-hydrogen) atoms. The first-order valence-corrected chi connectivity index (χ1v) is 2.51. The number of ether oxygens (including phenoxy) is 1. The summed E-state index contributed by atoms with van der Waals surface area (Å²) in [7, 11) is 0. The fourth-order valence-electron chi connectivity index (χ4n) is 0.813. The van der Waals surface area contributed by atoms with Gasteiger partial charge in [0.25, 0.3) is 0 Å². The van der Waals surface area contributed by atoms with Crippen molar-refractivity contribution in [3.8, 4) is 0 Å². The fourth-order valence-corrected chi connectivity index (χ4v) is 0.813. The summed E-state index contributed by atoms with van der Waals surface area (Å²) in [6.45, 7) is 0.704. The number of rotatable bonds is 0. The second-order valence-electron chi connectivity index (χ2n) is 1.82. The number of aliphatic imine (C=N–C) groups is 1. The molecule has 2 nitrogen and oxygen atoms in total. The van der Waals surface area contributed by atoms with Gasteiger partial charge in [-0.1, -0.05) is 0 Å². The van der Waals surface area contributed by atoms with Crippen molar-refractivity contribution in [1.82, 2.24) is 0 Å². The van der Waals surface area contributed by atoms with Crippen LogP contribution in [-0.2, 0) is 4.74 Å². The number of fused-ring (bicyclic) bond motifs is 1. The first kappa shape index (κ1) is 3.89. The molecule has 0 spiro atoms. The van der Waals surface area contributed by atoms with Crippen molar-refractivity contribution in [2.24, 2.45) is 4.99 Å². The second-order valence-corrected chi connectivity index (χ2v) is 1.82. The molecule has 0 N–H and O–H groups in total. The Bertz CT molecular complexity index is 201. The lowest BCUT2D eigenvalue weighted by Crippen LogP contribution is -1.82. The van der Waals surface area contributed by atoms with E-state index in [-0.39, 0.29) is 0 Å². The topological polar surface area (TPSA) is 21.6 Å². The highest BCUT2D eigenvalue weighted by Gasteiger charge is 2.12. The molecule has 0 aromatic rings. The summed E-state index contributed by atoms with van der Waals surface area (Å²) >= 11 is 0. The zero-order valence-corrected chi connectivity index (χ0v) is 4.29. The van der Waals surface area contributed by atoms with Crippen LogP contribution in [0.2, 0.25) is 0 Å². The highest BCUT2D eigenvalue weighted by Crippen LogP contribution is 2.19. The van der Waals surface area contributed by atoms with Crippen LogP contribution < -0.4 is 0 Å². The van der Waals surface area contributed by atoms with Gasteiger partial charge in [0, 0.05) is 23.6 Å². The van der Waals surface area contributed by atoms with Gasteiger partial charge in [-0.15, -0.1) is 0 Å². The molecule has 0 aromatic carbocycles. The van der Waals surface area contributed by atoms with Crippen molar-refractivity contribution in [3.63, 3.8) is 0 Å². The van der Waals surface area contributed by atoms with Gasteiger partial charge in [-0.2, -0.15) is 0 Å². The van der Waals surface area contributed by atoms with E-state index in [1.807, 2.05) is 12.4 Å². The molecule has 0 saturated heterocycles. The molecule has 0 unspecified atom stereocenters. The Hall–Kier alpha value is -1.05. The Morgan fingerprint density at radius 2 is 2.62 bits per heavy atom. The number of nitrogens with zero attached hydrogens (tertiary/aromatic N) is 1. The SMILES string of the molecule is C1=NC=C2COC=C12. The fraction of sp³-hybridized carbons (Fsp3) is 0.167. The van der Waals surface area contributed by atoms with Crippen molar-refractivity contribution >= 4 is 6.21 Å². The van der Waals surface area contributed by atoms with Gasteiger partial charge >= 0.3 is 0 Å². The monoisotopic (exact) mass is 107 g/mol. The van der Waals surface area contributed by atoms with E-state index in [2.05, 4.69) is 4.99 Å². The first-order chi connectivity index (χ1) is 3.97. The quantitative estimate of drug-likeness (QED) is 0.450. The summed E-state index contributed by atoms with van der Waals surface area (Å²) in [5.74, 6) is 0. The molecule has 0 aromatic heterocycles. The molecule has 0 bridgehead atoms. The third-order valence-corrected chi connectivity index (χ3v) is 1.26. The van der Waals surface area contributed by atoms with Gasteiger partial charge < -0.3 is 4.74 Å². The van der Waals surface area contributed by atoms with Crippen LogP contribution in [0.4, 0.5) is 0 Å². The predicted molar refractivity (Wildman–Crippen MR) is 30.6 cm³/mol. The highest BCUT2D eigenvalue weighted by atomic mass is 16.5. The van der Waals surface area contributed by atoms with E-state index in [1.165, 1.54) is 5.57 Å². The summed E-state index contributed by atoms with van der Waals surface area (Å²) in [6, 6.07) is 0. The third-order valence-electron chi connectivity index (χ3n) is 1.26. The Morgan fingerprint density at radius 1 is 1.62 bits per heavy atom. The zero-order chi connectivity index (χ0) is 5.40. The lowest BCUT2D eigenvalue weighted by Gasteiger charge is -1.85. The molecule has 0 radical (unpaired) electrons. The van der Waals surface area contributed by atoms with Gasteiger partial charge in [-0.3, -0.25) is 4.99 Å². The minimum atomic E-state index is 0.704. The normalized spacial score (nSPS) is 22.0. The maximum atomic E-state index is 4.99. The highest BCUT2D eigenvalue weighted by molar-refractivity contribution is 5.88. The molecule has 2 heteroatoms. The van der Waals surface area contributed by atoms with Crippen LogP contribution in [-0.4, -0.2) is 12.8 Å². The van der Waals surface area contributed by atoms with Gasteiger partial charge in [0.1, 0.15) is 6.61 Å². The molecule has 0 saturated carbocycles. The Morgan fingerprint density at radius 3 is 3.50 bits per heavy atom. The third kappa shape index (κ3) is 0.346. The van der Waals surface area contributed by atoms with Crippen LogP contribution in [0.5, 0.6) is 0 Å². The van der Waals surface area contributed by atoms with Crippen molar-refractivity contribution in [3.05, 3.63) is 23.6 Å². The van der Waals surface area contributed by atoms with Gasteiger partial charge in [-0.05, 0) is 0 Å². The average Bonchev–Trinajstić information content (AvgIpc) is 2.15. The van der Waals surface area contributed by atoms with Crippen molar-refractivity contribution < 1.29 is 4.74 Å².